The summed E-state index contributed by atoms with van der Waals surface area (Å²) in [5, 5.41) is 15.8. The largest absolute Gasteiger partial charge is 0.474 e. The van der Waals surface area contributed by atoms with Gasteiger partial charge in [0.25, 0.3) is 0 Å². The van der Waals surface area contributed by atoms with Gasteiger partial charge in [0.05, 0.1) is 10.6 Å². The molecular weight excluding hydrogens is 222 g/mol. The maximum atomic E-state index is 10.5. The number of aromatic nitrogens is 3. The van der Waals surface area contributed by atoms with Crippen LogP contribution in [0.15, 0.2) is 22.9 Å². The molecule has 2 aromatic heterocycles. The summed E-state index contributed by atoms with van der Waals surface area (Å²) < 4.78 is 4.88. The maximum Gasteiger partial charge on any atom is 0.393 e. The van der Waals surface area contributed by atoms with Gasteiger partial charge in [0.1, 0.15) is 0 Å². The fourth-order valence-corrected chi connectivity index (χ4v) is 1.17. The van der Waals surface area contributed by atoms with E-state index in [1.54, 1.807) is 6.07 Å². The Morgan fingerprint density at radius 2 is 2.27 bits per heavy atom. The van der Waals surface area contributed by atoms with Crippen LogP contribution in [0.4, 0.5) is 0 Å². The van der Waals surface area contributed by atoms with Crippen molar-refractivity contribution in [3.05, 3.63) is 29.4 Å². The second-order valence-corrected chi connectivity index (χ2v) is 2.98. The molecule has 0 saturated heterocycles. The molecule has 0 aromatic carbocycles. The summed E-state index contributed by atoms with van der Waals surface area (Å²) in [6.45, 7) is 0. The highest BCUT2D eigenvalue weighted by atomic mass is 35.5. The zero-order chi connectivity index (χ0) is 10.8. The summed E-state index contributed by atoms with van der Waals surface area (Å²) in [4.78, 5) is 14.3. The lowest BCUT2D eigenvalue weighted by Gasteiger charge is -1.95. The molecule has 0 atom stereocenters. The molecule has 0 aliphatic rings. The Balaban J connectivity index is 2.46. The summed E-state index contributed by atoms with van der Waals surface area (Å²) in [6.07, 6.45) is 2.90. The Bertz CT molecular complexity index is 511. The zero-order valence-corrected chi connectivity index (χ0v) is 7.97. The molecule has 0 aliphatic heterocycles. The molecule has 0 radical (unpaired) electrons. The highest BCUT2D eigenvalue weighted by Crippen LogP contribution is 2.25. The van der Waals surface area contributed by atoms with Crippen molar-refractivity contribution >= 4 is 17.6 Å². The number of hydrogen-bond donors (Lipinski definition) is 1. The van der Waals surface area contributed by atoms with Gasteiger partial charge in [-0.15, -0.1) is 10.2 Å². The minimum Gasteiger partial charge on any atom is -0.474 e. The van der Waals surface area contributed by atoms with Crippen LogP contribution in [0.25, 0.3) is 11.5 Å². The quantitative estimate of drug-likeness (QED) is 0.833. The first-order valence-electron chi connectivity index (χ1n) is 3.85. The predicted octanol–water partition coefficient (Wildman–Crippen LogP) is 1.48. The third-order valence-corrected chi connectivity index (χ3v) is 1.91. The van der Waals surface area contributed by atoms with Gasteiger partial charge in [0.2, 0.25) is 5.89 Å². The lowest BCUT2D eigenvalue weighted by atomic mass is 10.3. The average molecular weight is 226 g/mol. The number of nitrogens with zero attached hydrogens (tertiary/aromatic N) is 3. The minimum absolute atomic E-state index is 0.0554. The summed E-state index contributed by atoms with van der Waals surface area (Å²) in [6, 6.07) is 1.56. The summed E-state index contributed by atoms with van der Waals surface area (Å²) in [5.41, 5.74) is 0.451. The molecule has 2 rings (SSSR count). The van der Waals surface area contributed by atoms with Gasteiger partial charge in [-0.25, -0.2) is 4.79 Å². The number of hydrogen-bond acceptors (Lipinski definition) is 5. The van der Waals surface area contributed by atoms with Crippen LogP contribution < -0.4 is 0 Å². The fourth-order valence-electron chi connectivity index (χ4n) is 0.967. The third kappa shape index (κ3) is 1.79. The normalized spacial score (nSPS) is 10.2. The van der Waals surface area contributed by atoms with E-state index in [1.807, 2.05) is 0 Å². The van der Waals surface area contributed by atoms with Gasteiger partial charge in [-0.05, 0) is 6.07 Å². The third-order valence-electron chi connectivity index (χ3n) is 1.61. The van der Waals surface area contributed by atoms with Gasteiger partial charge in [0.15, 0.2) is 0 Å². The Morgan fingerprint density at radius 3 is 2.87 bits per heavy atom. The molecule has 76 valence electrons. The molecular formula is C8H4ClN3O3. The minimum atomic E-state index is -1.28. The Hall–Kier alpha value is -1.95. The molecule has 2 heterocycles. The van der Waals surface area contributed by atoms with Crippen LogP contribution in [-0.4, -0.2) is 26.3 Å². The highest BCUT2D eigenvalue weighted by molar-refractivity contribution is 6.32. The Kier molecular flexibility index (Phi) is 2.34. The number of carbonyl (C=O) groups is 1. The molecule has 0 aliphatic carbocycles. The first kappa shape index (κ1) is 9.60. The first-order valence-corrected chi connectivity index (χ1v) is 4.23. The lowest BCUT2D eigenvalue weighted by Crippen LogP contribution is -1.95. The maximum absolute atomic E-state index is 10.5. The van der Waals surface area contributed by atoms with Crippen molar-refractivity contribution in [3.63, 3.8) is 0 Å². The topological polar surface area (TPSA) is 89.1 Å². The average Bonchev–Trinajstić information content (AvgIpc) is 2.67. The van der Waals surface area contributed by atoms with Gasteiger partial charge in [0, 0.05) is 12.4 Å². The lowest BCUT2D eigenvalue weighted by molar-refractivity contribution is 0.0654. The molecule has 2 aromatic rings. The molecule has 0 saturated carbocycles. The van der Waals surface area contributed by atoms with E-state index >= 15 is 0 Å². The van der Waals surface area contributed by atoms with Crippen LogP contribution in [0, 0.1) is 0 Å². The van der Waals surface area contributed by atoms with E-state index in [0.29, 0.717) is 10.6 Å². The van der Waals surface area contributed by atoms with Crippen LogP contribution >= 0.6 is 11.6 Å². The smallest absolute Gasteiger partial charge is 0.393 e. The van der Waals surface area contributed by atoms with Crippen LogP contribution in [0.3, 0.4) is 0 Å². The number of carboxylic acids is 1. The summed E-state index contributed by atoms with van der Waals surface area (Å²) in [5.74, 6) is -1.70. The second kappa shape index (κ2) is 3.66. The number of halogens is 1. The van der Waals surface area contributed by atoms with Crippen LogP contribution in [-0.2, 0) is 0 Å². The van der Waals surface area contributed by atoms with Crippen molar-refractivity contribution in [1.29, 1.82) is 0 Å². The SMILES string of the molecule is O=C(O)c1nnc(-c2ccncc2Cl)o1. The van der Waals surface area contributed by atoms with Gasteiger partial charge in [-0.2, -0.15) is 0 Å². The van der Waals surface area contributed by atoms with Gasteiger partial charge in [-0.1, -0.05) is 11.6 Å². The van der Waals surface area contributed by atoms with Crippen molar-refractivity contribution in [1.82, 2.24) is 15.2 Å². The van der Waals surface area contributed by atoms with E-state index in [1.165, 1.54) is 12.4 Å². The van der Waals surface area contributed by atoms with Crippen molar-refractivity contribution < 1.29 is 14.3 Å². The van der Waals surface area contributed by atoms with Crippen molar-refractivity contribution in [2.45, 2.75) is 0 Å². The highest BCUT2D eigenvalue weighted by Gasteiger charge is 2.15. The molecule has 1 N–H and O–H groups in total. The van der Waals surface area contributed by atoms with E-state index in [2.05, 4.69) is 15.2 Å². The monoisotopic (exact) mass is 225 g/mol. The summed E-state index contributed by atoms with van der Waals surface area (Å²) >= 11 is 5.81. The van der Waals surface area contributed by atoms with Crippen molar-refractivity contribution in [2.75, 3.05) is 0 Å². The van der Waals surface area contributed by atoms with Crippen LogP contribution in [0.2, 0.25) is 5.02 Å². The molecule has 0 unspecified atom stereocenters. The van der Waals surface area contributed by atoms with Crippen molar-refractivity contribution in [3.8, 4) is 11.5 Å². The fraction of sp³-hybridized carbons (Fsp3) is 0. The van der Waals surface area contributed by atoms with Crippen molar-refractivity contribution in [2.24, 2.45) is 0 Å². The van der Waals surface area contributed by atoms with Gasteiger partial charge >= 0.3 is 11.9 Å². The molecule has 0 spiro atoms. The van der Waals surface area contributed by atoms with E-state index in [0.717, 1.165) is 0 Å². The predicted molar refractivity (Wildman–Crippen MR) is 49.5 cm³/mol. The molecule has 0 bridgehead atoms. The van der Waals surface area contributed by atoms with E-state index in [4.69, 9.17) is 21.1 Å². The number of pyridine rings is 1. The molecule has 15 heavy (non-hydrogen) atoms. The Labute approximate surface area is 88.5 Å². The number of carboxylic acid groups (broad SMARTS) is 1. The first-order chi connectivity index (χ1) is 7.18. The van der Waals surface area contributed by atoms with Gasteiger partial charge < -0.3 is 9.52 Å². The van der Waals surface area contributed by atoms with Gasteiger partial charge in [-0.3, -0.25) is 4.98 Å². The number of rotatable bonds is 2. The second-order valence-electron chi connectivity index (χ2n) is 2.57. The van der Waals surface area contributed by atoms with Crippen LogP contribution in [0.1, 0.15) is 10.7 Å². The van der Waals surface area contributed by atoms with Crippen LogP contribution in [0.5, 0.6) is 0 Å². The Morgan fingerprint density at radius 1 is 1.47 bits per heavy atom. The number of aromatic carboxylic acids is 1. The molecule has 0 amide bonds. The standard InChI is InChI=1S/C8H4ClN3O3/c9-5-3-10-2-1-4(5)6-11-12-7(15-6)8(13)14/h1-3H,(H,13,14). The van der Waals surface area contributed by atoms with E-state index in [-0.39, 0.29) is 5.89 Å². The van der Waals surface area contributed by atoms with E-state index in [9.17, 15) is 4.79 Å². The molecule has 7 heteroatoms. The molecule has 6 nitrogen and oxygen atoms in total. The van der Waals surface area contributed by atoms with E-state index < -0.39 is 11.9 Å². The zero-order valence-electron chi connectivity index (χ0n) is 7.22. The summed E-state index contributed by atoms with van der Waals surface area (Å²) in [7, 11) is 0. The molecule has 0 fully saturated rings.